The number of aromatic nitrogens is 1. The van der Waals surface area contributed by atoms with Crippen molar-refractivity contribution in [2.24, 2.45) is 0 Å². The topological polar surface area (TPSA) is 45.2 Å². The fraction of sp³-hybridized carbons (Fsp3) is 0.625. The zero-order valence-electron chi connectivity index (χ0n) is 12.5. The van der Waals surface area contributed by atoms with E-state index in [1.54, 1.807) is 18.0 Å². The molecule has 1 aromatic rings. The molecule has 0 spiro atoms. The van der Waals surface area contributed by atoms with Gasteiger partial charge in [-0.05, 0) is 37.8 Å². The average Bonchev–Trinajstić information content (AvgIpc) is 2.85. The van der Waals surface area contributed by atoms with E-state index in [1.807, 2.05) is 30.1 Å². The summed E-state index contributed by atoms with van der Waals surface area (Å²) >= 11 is 1.65. The van der Waals surface area contributed by atoms with Crippen molar-refractivity contribution < 1.29 is 4.79 Å². The summed E-state index contributed by atoms with van der Waals surface area (Å²) in [5, 5.41) is 3.63. The molecule has 0 aliphatic carbocycles. The fourth-order valence-corrected chi connectivity index (χ4v) is 4.24. The number of thioether (sulfide) groups is 1. The first-order chi connectivity index (χ1) is 10.2. The predicted molar refractivity (Wildman–Crippen MR) is 86.1 cm³/mol. The van der Waals surface area contributed by atoms with E-state index in [0.29, 0.717) is 23.9 Å². The van der Waals surface area contributed by atoms with Crippen LogP contribution < -0.4 is 5.32 Å². The summed E-state index contributed by atoms with van der Waals surface area (Å²) in [4.78, 5) is 18.6. The highest BCUT2D eigenvalue weighted by Crippen LogP contribution is 2.29. The lowest BCUT2D eigenvalue weighted by molar-refractivity contribution is -0.129. The van der Waals surface area contributed by atoms with Gasteiger partial charge >= 0.3 is 0 Å². The average molecular weight is 305 g/mol. The minimum absolute atomic E-state index is 0.252. The molecule has 2 bridgehead atoms. The van der Waals surface area contributed by atoms with E-state index in [9.17, 15) is 4.79 Å². The Bertz CT molecular complexity index is 470. The van der Waals surface area contributed by atoms with Gasteiger partial charge in [-0.3, -0.25) is 9.78 Å². The van der Waals surface area contributed by atoms with Crippen molar-refractivity contribution >= 4 is 17.7 Å². The zero-order valence-corrected chi connectivity index (χ0v) is 13.3. The van der Waals surface area contributed by atoms with Crippen LogP contribution in [0.1, 0.15) is 31.4 Å². The number of amides is 1. The molecular formula is C16H23N3OS. The molecule has 4 nitrogen and oxygen atoms in total. The number of nitrogens with zero attached hydrogens (tertiary/aromatic N) is 2. The third-order valence-corrected chi connectivity index (χ3v) is 5.54. The highest BCUT2D eigenvalue weighted by atomic mass is 32.2. The molecule has 3 heterocycles. The predicted octanol–water partition coefficient (Wildman–Crippen LogP) is 2.06. The first-order valence-electron chi connectivity index (χ1n) is 7.71. The summed E-state index contributed by atoms with van der Waals surface area (Å²) in [6.45, 7) is 0. The van der Waals surface area contributed by atoms with E-state index in [-0.39, 0.29) is 5.91 Å². The van der Waals surface area contributed by atoms with Crippen LogP contribution in [0.25, 0.3) is 0 Å². The van der Waals surface area contributed by atoms with Gasteiger partial charge in [-0.1, -0.05) is 6.07 Å². The molecular weight excluding hydrogens is 282 g/mol. The quantitative estimate of drug-likeness (QED) is 0.904. The lowest BCUT2D eigenvalue weighted by Gasteiger charge is -2.35. The maximum atomic E-state index is 12.3. The minimum atomic E-state index is 0.252. The first-order valence-corrected chi connectivity index (χ1v) is 8.87. The van der Waals surface area contributed by atoms with Gasteiger partial charge in [0, 0.05) is 37.1 Å². The number of pyridine rings is 1. The van der Waals surface area contributed by atoms with Gasteiger partial charge in [-0.2, -0.15) is 0 Å². The van der Waals surface area contributed by atoms with Crippen LogP contribution in [0.15, 0.2) is 24.4 Å². The molecule has 2 aliphatic heterocycles. The molecule has 2 fully saturated rings. The van der Waals surface area contributed by atoms with Gasteiger partial charge in [-0.25, -0.2) is 0 Å². The molecule has 2 saturated heterocycles. The Labute approximate surface area is 130 Å². The SMILES string of the molecule is CN(C(=O)CSCc1ccccn1)C1CC2CCC(C1)N2. The van der Waals surface area contributed by atoms with Crippen LogP contribution in [0.5, 0.6) is 0 Å². The second-order valence-electron chi connectivity index (χ2n) is 6.08. The fourth-order valence-electron chi connectivity index (χ4n) is 3.38. The van der Waals surface area contributed by atoms with E-state index in [1.165, 1.54) is 12.8 Å². The Balaban J connectivity index is 1.44. The number of carbonyl (C=O) groups is 1. The summed E-state index contributed by atoms with van der Waals surface area (Å²) in [5.74, 6) is 1.60. The Morgan fingerprint density at radius 1 is 1.38 bits per heavy atom. The first kappa shape index (κ1) is 14.9. The van der Waals surface area contributed by atoms with E-state index in [0.717, 1.165) is 24.3 Å². The number of fused-ring (bicyclic) bond motifs is 2. The summed E-state index contributed by atoms with van der Waals surface area (Å²) < 4.78 is 0. The van der Waals surface area contributed by atoms with Crippen molar-refractivity contribution in [3.05, 3.63) is 30.1 Å². The van der Waals surface area contributed by atoms with E-state index in [4.69, 9.17) is 0 Å². The molecule has 1 amide bonds. The third kappa shape index (κ3) is 3.77. The minimum Gasteiger partial charge on any atom is -0.342 e. The van der Waals surface area contributed by atoms with Gasteiger partial charge in [0.2, 0.25) is 5.91 Å². The Hall–Kier alpha value is -1.07. The summed E-state index contributed by atoms with van der Waals surface area (Å²) in [7, 11) is 1.97. The summed E-state index contributed by atoms with van der Waals surface area (Å²) in [5.41, 5.74) is 1.04. The zero-order chi connectivity index (χ0) is 14.7. The van der Waals surface area contributed by atoms with Crippen molar-refractivity contribution in [2.45, 2.75) is 49.6 Å². The number of hydrogen-bond donors (Lipinski definition) is 1. The molecule has 2 unspecified atom stereocenters. The van der Waals surface area contributed by atoms with Crippen molar-refractivity contribution in [2.75, 3.05) is 12.8 Å². The number of nitrogens with one attached hydrogen (secondary N) is 1. The molecule has 2 aliphatic rings. The molecule has 0 saturated carbocycles. The highest BCUT2D eigenvalue weighted by Gasteiger charge is 2.36. The molecule has 5 heteroatoms. The molecule has 21 heavy (non-hydrogen) atoms. The van der Waals surface area contributed by atoms with Crippen molar-refractivity contribution in [3.63, 3.8) is 0 Å². The number of piperidine rings is 1. The summed E-state index contributed by atoms with van der Waals surface area (Å²) in [6.07, 6.45) is 6.58. The second kappa shape index (κ2) is 6.79. The Morgan fingerprint density at radius 2 is 2.14 bits per heavy atom. The largest absolute Gasteiger partial charge is 0.342 e. The van der Waals surface area contributed by atoms with Crippen LogP contribution in [0, 0.1) is 0 Å². The molecule has 1 aromatic heterocycles. The van der Waals surface area contributed by atoms with Gasteiger partial charge in [0.1, 0.15) is 0 Å². The monoisotopic (exact) mass is 305 g/mol. The smallest absolute Gasteiger partial charge is 0.232 e. The molecule has 0 aromatic carbocycles. The molecule has 3 rings (SSSR count). The van der Waals surface area contributed by atoms with Crippen molar-refractivity contribution in [3.8, 4) is 0 Å². The lowest BCUT2D eigenvalue weighted by atomic mass is 9.98. The van der Waals surface area contributed by atoms with Gasteiger partial charge in [0.05, 0.1) is 11.4 Å². The van der Waals surface area contributed by atoms with Crippen LogP contribution in [-0.4, -0.2) is 46.7 Å². The number of carbonyl (C=O) groups excluding carboxylic acids is 1. The van der Waals surface area contributed by atoms with Gasteiger partial charge < -0.3 is 10.2 Å². The van der Waals surface area contributed by atoms with Crippen molar-refractivity contribution in [1.29, 1.82) is 0 Å². The van der Waals surface area contributed by atoms with Crippen LogP contribution in [0.3, 0.4) is 0 Å². The maximum Gasteiger partial charge on any atom is 0.232 e. The van der Waals surface area contributed by atoms with Gasteiger partial charge in [-0.15, -0.1) is 11.8 Å². The molecule has 0 radical (unpaired) electrons. The molecule has 2 atom stereocenters. The van der Waals surface area contributed by atoms with Crippen LogP contribution >= 0.6 is 11.8 Å². The standard InChI is InChI=1S/C16H23N3OS/c1-19(15-8-12-5-6-13(9-15)18-12)16(20)11-21-10-14-4-2-3-7-17-14/h2-4,7,12-13,15,18H,5-6,8-11H2,1H3. The van der Waals surface area contributed by atoms with Crippen LogP contribution in [0.4, 0.5) is 0 Å². The van der Waals surface area contributed by atoms with Crippen molar-refractivity contribution in [1.82, 2.24) is 15.2 Å². The normalized spacial score (nSPS) is 27.6. The van der Waals surface area contributed by atoms with Crippen LogP contribution in [0.2, 0.25) is 0 Å². The molecule has 1 N–H and O–H groups in total. The van der Waals surface area contributed by atoms with E-state index >= 15 is 0 Å². The second-order valence-corrected chi connectivity index (χ2v) is 7.07. The van der Waals surface area contributed by atoms with E-state index < -0.39 is 0 Å². The Kier molecular flexibility index (Phi) is 4.80. The number of rotatable bonds is 5. The lowest BCUT2D eigenvalue weighted by Crippen LogP contribution is -2.49. The highest BCUT2D eigenvalue weighted by molar-refractivity contribution is 7.99. The Morgan fingerprint density at radius 3 is 2.81 bits per heavy atom. The van der Waals surface area contributed by atoms with E-state index in [2.05, 4.69) is 10.3 Å². The number of hydrogen-bond acceptors (Lipinski definition) is 4. The summed E-state index contributed by atoms with van der Waals surface area (Å²) in [6, 6.07) is 7.59. The van der Waals surface area contributed by atoms with Crippen LogP contribution in [-0.2, 0) is 10.5 Å². The van der Waals surface area contributed by atoms with Gasteiger partial charge in [0.15, 0.2) is 0 Å². The third-order valence-electron chi connectivity index (χ3n) is 4.59. The van der Waals surface area contributed by atoms with Gasteiger partial charge in [0.25, 0.3) is 0 Å². The molecule has 114 valence electrons. The maximum absolute atomic E-state index is 12.3.